The van der Waals surface area contributed by atoms with Crippen LogP contribution in [0.1, 0.15) is 12.8 Å². The first-order valence-electron chi connectivity index (χ1n) is 7.45. The van der Waals surface area contributed by atoms with E-state index in [9.17, 15) is 9.59 Å². The average Bonchev–Trinajstić information content (AvgIpc) is 2.51. The monoisotopic (exact) mass is 282 g/mol. The molecule has 20 heavy (non-hydrogen) atoms. The number of ketones is 2. The van der Waals surface area contributed by atoms with Crippen molar-refractivity contribution in [3.8, 4) is 0 Å². The Hall–Kier alpha value is -0.820. The van der Waals surface area contributed by atoms with E-state index in [1.54, 1.807) is 0 Å². The van der Waals surface area contributed by atoms with Crippen molar-refractivity contribution in [1.82, 2.24) is 9.80 Å². The van der Waals surface area contributed by atoms with E-state index in [1.165, 1.54) is 0 Å². The Bertz CT molecular complexity index is 339. The SMILES string of the molecule is O=C1CC(N2CCOCC2)C(=O)CC1N1CCOCC1. The molecule has 1 saturated carbocycles. The number of Topliss-reactive ketones (excluding diaryl/α,β-unsaturated/α-hetero) is 2. The quantitative estimate of drug-likeness (QED) is 0.669. The summed E-state index contributed by atoms with van der Waals surface area (Å²) >= 11 is 0. The van der Waals surface area contributed by atoms with Crippen LogP contribution in [0, 0.1) is 0 Å². The van der Waals surface area contributed by atoms with E-state index in [0.717, 1.165) is 26.2 Å². The largest absolute Gasteiger partial charge is 0.379 e. The van der Waals surface area contributed by atoms with Crippen molar-refractivity contribution >= 4 is 11.6 Å². The van der Waals surface area contributed by atoms with E-state index in [0.29, 0.717) is 39.3 Å². The number of nitrogens with zero attached hydrogens (tertiary/aromatic N) is 2. The van der Waals surface area contributed by atoms with E-state index in [4.69, 9.17) is 9.47 Å². The van der Waals surface area contributed by atoms with Crippen molar-refractivity contribution in [2.75, 3.05) is 52.6 Å². The molecule has 0 bridgehead atoms. The van der Waals surface area contributed by atoms with Gasteiger partial charge in [0, 0.05) is 39.0 Å². The lowest BCUT2D eigenvalue weighted by atomic mass is 9.86. The van der Waals surface area contributed by atoms with Crippen LogP contribution in [0.25, 0.3) is 0 Å². The number of rotatable bonds is 2. The van der Waals surface area contributed by atoms with E-state index >= 15 is 0 Å². The second-order valence-electron chi connectivity index (χ2n) is 5.67. The second-order valence-corrected chi connectivity index (χ2v) is 5.67. The molecule has 0 amide bonds. The zero-order chi connectivity index (χ0) is 13.9. The third kappa shape index (κ3) is 2.93. The average molecular weight is 282 g/mol. The van der Waals surface area contributed by atoms with Crippen molar-refractivity contribution in [1.29, 1.82) is 0 Å². The summed E-state index contributed by atoms with van der Waals surface area (Å²) in [5.74, 6) is 0.422. The zero-order valence-electron chi connectivity index (χ0n) is 11.8. The predicted octanol–water partition coefficient (Wildman–Crippen LogP) is -0.680. The van der Waals surface area contributed by atoms with Gasteiger partial charge in [-0.2, -0.15) is 0 Å². The van der Waals surface area contributed by atoms with Crippen molar-refractivity contribution < 1.29 is 19.1 Å². The number of hydrogen-bond donors (Lipinski definition) is 0. The van der Waals surface area contributed by atoms with Crippen LogP contribution < -0.4 is 0 Å². The van der Waals surface area contributed by atoms with Crippen LogP contribution in [-0.2, 0) is 19.1 Å². The van der Waals surface area contributed by atoms with Crippen LogP contribution in [0.4, 0.5) is 0 Å². The summed E-state index contributed by atoms with van der Waals surface area (Å²) in [6.45, 7) is 5.65. The summed E-state index contributed by atoms with van der Waals surface area (Å²) in [5.41, 5.74) is 0. The molecule has 0 radical (unpaired) electrons. The van der Waals surface area contributed by atoms with E-state index in [-0.39, 0.29) is 23.7 Å². The number of ether oxygens (including phenoxy) is 2. The molecular weight excluding hydrogens is 260 g/mol. The summed E-state index contributed by atoms with van der Waals surface area (Å²) in [6, 6.07) is -0.438. The van der Waals surface area contributed by atoms with E-state index in [2.05, 4.69) is 9.80 Å². The Labute approximate surface area is 119 Å². The molecule has 3 fully saturated rings. The topological polar surface area (TPSA) is 59.1 Å². The highest BCUT2D eigenvalue weighted by Gasteiger charge is 2.40. The third-order valence-electron chi connectivity index (χ3n) is 4.51. The van der Waals surface area contributed by atoms with Crippen LogP contribution in [-0.4, -0.2) is 86.1 Å². The summed E-state index contributed by atoms with van der Waals surface area (Å²) in [4.78, 5) is 29.0. The fourth-order valence-electron chi connectivity index (χ4n) is 3.32. The van der Waals surface area contributed by atoms with Gasteiger partial charge in [-0.1, -0.05) is 0 Å². The summed E-state index contributed by atoms with van der Waals surface area (Å²) < 4.78 is 10.6. The second kappa shape index (κ2) is 6.30. The maximum atomic E-state index is 12.4. The molecule has 0 aromatic rings. The maximum absolute atomic E-state index is 12.4. The number of carbonyl (C=O) groups excluding carboxylic acids is 2. The molecular formula is C14H22N2O4. The lowest BCUT2D eigenvalue weighted by molar-refractivity contribution is -0.142. The molecule has 2 aliphatic heterocycles. The van der Waals surface area contributed by atoms with Gasteiger partial charge in [0.2, 0.25) is 0 Å². The highest BCUT2D eigenvalue weighted by molar-refractivity contribution is 6.00. The Morgan fingerprint density at radius 3 is 1.40 bits per heavy atom. The van der Waals surface area contributed by atoms with Crippen molar-refractivity contribution in [2.24, 2.45) is 0 Å². The molecule has 3 aliphatic rings. The molecule has 6 heteroatoms. The van der Waals surface area contributed by atoms with Gasteiger partial charge < -0.3 is 9.47 Å². The smallest absolute Gasteiger partial charge is 0.152 e. The Morgan fingerprint density at radius 1 is 0.700 bits per heavy atom. The van der Waals surface area contributed by atoms with Gasteiger partial charge in [0.1, 0.15) is 0 Å². The molecule has 0 spiro atoms. The summed E-state index contributed by atoms with van der Waals surface area (Å²) in [7, 11) is 0. The third-order valence-corrected chi connectivity index (χ3v) is 4.51. The van der Waals surface area contributed by atoms with Gasteiger partial charge in [-0.25, -0.2) is 0 Å². The normalized spacial score (nSPS) is 34.4. The minimum absolute atomic E-state index is 0.211. The van der Waals surface area contributed by atoms with Crippen molar-refractivity contribution in [2.45, 2.75) is 24.9 Å². The van der Waals surface area contributed by atoms with E-state index < -0.39 is 0 Å². The minimum atomic E-state index is -0.219. The number of morpholine rings is 2. The van der Waals surface area contributed by atoms with Gasteiger partial charge in [0.15, 0.2) is 11.6 Å². The van der Waals surface area contributed by atoms with Crippen molar-refractivity contribution in [3.05, 3.63) is 0 Å². The number of carbonyl (C=O) groups is 2. The summed E-state index contributed by atoms with van der Waals surface area (Å²) in [6.07, 6.45) is 0.724. The lowest BCUT2D eigenvalue weighted by Gasteiger charge is -2.40. The first-order valence-corrected chi connectivity index (χ1v) is 7.45. The first-order chi connectivity index (χ1) is 9.75. The van der Waals surface area contributed by atoms with Crippen LogP contribution >= 0.6 is 0 Å². The van der Waals surface area contributed by atoms with Gasteiger partial charge in [0.25, 0.3) is 0 Å². The van der Waals surface area contributed by atoms with Crippen LogP contribution in [0.3, 0.4) is 0 Å². The molecule has 3 rings (SSSR count). The Morgan fingerprint density at radius 2 is 1.05 bits per heavy atom. The van der Waals surface area contributed by atoms with Gasteiger partial charge in [-0.05, 0) is 0 Å². The molecule has 0 N–H and O–H groups in total. The summed E-state index contributed by atoms with van der Waals surface area (Å²) in [5, 5.41) is 0. The minimum Gasteiger partial charge on any atom is -0.379 e. The molecule has 2 unspecified atom stereocenters. The fraction of sp³-hybridized carbons (Fsp3) is 0.857. The molecule has 2 saturated heterocycles. The standard InChI is InChI=1S/C14H22N2O4/c17-13-10-12(16-3-7-20-8-4-16)14(18)9-11(13)15-1-5-19-6-2-15/h11-12H,1-10H2. The van der Waals surface area contributed by atoms with Gasteiger partial charge in [-0.3, -0.25) is 19.4 Å². The van der Waals surface area contributed by atoms with Crippen molar-refractivity contribution in [3.63, 3.8) is 0 Å². The van der Waals surface area contributed by atoms with Gasteiger partial charge >= 0.3 is 0 Å². The predicted molar refractivity (Wildman–Crippen MR) is 71.6 cm³/mol. The Balaban J connectivity index is 1.63. The molecule has 2 atom stereocenters. The molecule has 112 valence electrons. The van der Waals surface area contributed by atoms with E-state index in [1.807, 2.05) is 0 Å². The zero-order valence-corrected chi connectivity index (χ0v) is 11.8. The molecule has 1 aliphatic carbocycles. The van der Waals surface area contributed by atoms with Gasteiger partial charge in [0.05, 0.1) is 38.5 Å². The van der Waals surface area contributed by atoms with Gasteiger partial charge in [-0.15, -0.1) is 0 Å². The molecule has 6 nitrogen and oxygen atoms in total. The number of hydrogen-bond acceptors (Lipinski definition) is 6. The molecule has 2 heterocycles. The molecule has 0 aromatic heterocycles. The maximum Gasteiger partial charge on any atom is 0.152 e. The highest BCUT2D eigenvalue weighted by Crippen LogP contribution is 2.23. The van der Waals surface area contributed by atoms with Crippen LogP contribution in [0.2, 0.25) is 0 Å². The van der Waals surface area contributed by atoms with Crippen LogP contribution in [0.15, 0.2) is 0 Å². The highest BCUT2D eigenvalue weighted by atomic mass is 16.5. The fourth-order valence-corrected chi connectivity index (χ4v) is 3.32. The molecule has 0 aromatic carbocycles. The Kier molecular flexibility index (Phi) is 4.45. The first kappa shape index (κ1) is 14.1. The lowest BCUT2D eigenvalue weighted by Crippen LogP contribution is -2.57. The van der Waals surface area contributed by atoms with Crippen LogP contribution in [0.5, 0.6) is 0 Å².